The van der Waals surface area contributed by atoms with Crippen molar-refractivity contribution in [3.63, 3.8) is 0 Å². The third kappa shape index (κ3) is 3.91. The molecule has 100 valence electrons. The maximum absolute atomic E-state index is 12.0. The van der Waals surface area contributed by atoms with Crippen molar-refractivity contribution < 1.29 is 15.0 Å². The molecule has 0 aromatic heterocycles. The van der Waals surface area contributed by atoms with Crippen LogP contribution in [0.25, 0.3) is 0 Å². The number of hydrogen-bond donors (Lipinski definition) is 3. The number of hydrogen-bond acceptors (Lipinski definition) is 3. The zero-order chi connectivity index (χ0) is 13.8. The van der Waals surface area contributed by atoms with Gasteiger partial charge in [-0.25, -0.2) is 0 Å². The number of phenols is 2. The van der Waals surface area contributed by atoms with E-state index in [1.807, 2.05) is 13.8 Å². The summed E-state index contributed by atoms with van der Waals surface area (Å²) < 4.78 is 0. The van der Waals surface area contributed by atoms with Crippen LogP contribution >= 0.6 is 15.9 Å². The molecule has 1 aromatic rings. The van der Waals surface area contributed by atoms with Crippen LogP contribution < -0.4 is 5.32 Å². The van der Waals surface area contributed by atoms with E-state index in [0.29, 0.717) is 0 Å². The van der Waals surface area contributed by atoms with Gasteiger partial charge in [-0.1, -0.05) is 22.9 Å². The smallest absolute Gasteiger partial charge is 0.251 e. The fourth-order valence-electron chi connectivity index (χ4n) is 1.61. The molecule has 0 heterocycles. The Morgan fingerprint density at radius 2 is 1.89 bits per heavy atom. The Kier molecular flexibility index (Phi) is 5.02. The van der Waals surface area contributed by atoms with Gasteiger partial charge in [0.1, 0.15) is 11.5 Å². The van der Waals surface area contributed by atoms with Crippen LogP contribution in [0.4, 0.5) is 0 Å². The Labute approximate surface area is 115 Å². The van der Waals surface area contributed by atoms with Crippen molar-refractivity contribution in [2.45, 2.75) is 32.2 Å². The number of halogens is 1. The summed E-state index contributed by atoms with van der Waals surface area (Å²) in [6.45, 7) is 3.97. The molecular formula is C13H18BrNO3. The van der Waals surface area contributed by atoms with Crippen molar-refractivity contribution in [2.75, 3.05) is 5.33 Å². The van der Waals surface area contributed by atoms with Crippen LogP contribution in [-0.4, -0.2) is 27.0 Å². The van der Waals surface area contributed by atoms with Gasteiger partial charge in [0.25, 0.3) is 5.91 Å². The number of alkyl halides is 1. The van der Waals surface area contributed by atoms with Crippen molar-refractivity contribution in [1.82, 2.24) is 5.32 Å². The minimum absolute atomic E-state index is 0.126. The highest BCUT2D eigenvalue weighted by molar-refractivity contribution is 9.09. The monoisotopic (exact) mass is 315 g/mol. The molecule has 0 aliphatic heterocycles. The van der Waals surface area contributed by atoms with Gasteiger partial charge >= 0.3 is 0 Å². The lowest BCUT2D eigenvalue weighted by atomic mass is 9.95. The first-order chi connectivity index (χ1) is 8.40. The summed E-state index contributed by atoms with van der Waals surface area (Å²) in [6.07, 6.45) is 1.61. The van der Waals surface area contributed by atoms with Crippen molar-refractivity contribution in [3.8, 4) is 11.5 Å². The zero-order valence-corrected chi connectivity index (χ0v) is 12.1. The van der Waals surface area contributed by atoms with Gasteiger partial charge in [-0.3, -0.25) is 4.79 Å². The molecule has 1 amide bonds. The number of nitrogens with one attached hydrogen (secondary N) is 1. The van der Waals surface area contributed by atoms with E-state index in [2.05, 4.69) is 21.2 Å². The fraction of sp³-hybridized carbons (Fsp3) is 0.462. The molecule has 0 spiro atoms. The largest absolute Gasteiger partial charge is 0.508 e. The molecule has 3 N–H and O–H groups in total. The van der Waals surface area contributed by atoms with Gasteiger partial charge in [-0.05, 0) is 31.9 Å². The van der Waals surface area contributed by atoms with Crippen LogP contribution in [0.2, 0.25) is 0 Å². The highest BCUT2D eigenvalue weighted by Gasteiger charge is 2.24. The van der Waals surface area contributed by atoms with Gasteiger partial charge in [-0.2, -0.15) is 0 Å². The summed E-state index contributed by atoms with van der Waals surface area (Å²) in [5.74, 6) is -0.552. The molecular weight excluding hydrogens is 298 g/mol. The van der Waals surface area contributed by atoms with Gasteiger partial charge in [0.2, 0.25) is 0 Å². The quantitative estimate of drug-likeness (QED) is 0.732. The van der Waals surface area contributed by atoms with Crippen LogP contribution in [0.5, 0.6) is 11.5 Å². The molecule has 0 bridgehead atoms. The normalized spacial score (nSPS) is 13.9. The van der Waals surface area contributed by atoms with Crippen LogP contribution in [0, 0.1) is 0 Å². The van der Waals surface area contributed by atoms with E-state index in [0.717, 1.165) is 18.2 Å². The SMILES string of the molecule is CCC(C)(CCBr)NC(=O)c1cc(O)cc(O)c1. The van der Waals surface area contributed by atoms with E-state index in [4.69, 9.17) is 0 Å². The molecule has 0 saturated heterocycles. The second-order valence-corrected chi connectivity index (χ2v) is 5.34. The molecule has 1 rings (SSSR count). The number of amides is 1. The summed E-state index contributed by atoms with van der Waals surface area (Å²) in [5, 5.41) is 22.4. The summed E-state index contributed by atoms with van der Waals surface area (Å²) in [7, 11) is 0. The number of benzene rings is 1. The molecule has 4 nitrogen and oxygen atoms in total. The van der Waals surface area contributed by atoms with Crippen LogP contribution in [-0.2, 0) is 0 Å². The average molecular weight is 316 g/mol. The lowest BCUT2D eigenvalue weighted by molar-refractivity contribution is 0.0901. The molecule has 5 heteroatoms. The van der Waals surface area contributed by atoms with E-state index in [-0.39, 0.29) is 28.5 Å². The predicted octanol–water partition coefficient (Wildman–Crippen LogP) is 2.78. The van der Waals surface area contributed by atoms with Crippen molar-refractivity contribution in [1.29, 1.82) is 0 Å². The van der Waals surface area contributed by atoms with E-state index < -0.39 is 0 Å². The lowest BCUT2D eigenvalue weighted by Gasteiger charge is -2.29. The second kappa shape index (κ2) is 6.09. The predicted molar refractivity (Wildman–Crippen MR) is 74.3 cm³/mol. The fourth-order valence-corrected chi connectivity index (χ4v) is 2.48. The maximum Gasteiger partial charge on any atom is 0.251 e. The van der Waals surface area contributed by atoms with Gasteiger partial charge in [0, 0.05) is 22.5 Å². The molecule has 0 fully saturated rings. The highest BCUT2D eigenvalue weighted by Crippen LogP contribution is 2.22. The zero-order valence-electron chi connectivity index (χ0n) is 10.5. The van der Waals surface area contributed by atoms with Crippen LogP contribution in [0.1, 0.15) is 37.0 Å². The molecule has 1 aromatic carbocycles. The van der Waals surface area contributed by atoms with Gasteiger partial charge in [-0.15, -0.1) is 0 Å². The number of carbonyl (C=O) groups is 1. The Balaban J connectivity index is 2.87. The second-order valence-electron chi connectivity index (χ2n) is 4.55. The van der Waals surface area contributed by atoms with E-state index in [1.165, 1.54) is 18.2 Å². The van der Waals surface area contributed by atoms with Crippen LogP contribution in [0.3, 0.4) is 0 Å². The minimum Gasteiger partial charge on any atom is -0.508 e. The first-order valence-corrected chi connectivity index (χ1v) is 6.94. The highest BCUT2D eigenvalue weighted by atomic mass is 79.9. The maximum atomic E-state index is 12.0. The molecule has 0 radical (unpaired) electrons. The number of rotatable bonds is 5. The topological polar surface area (TPSA) is 69.6 Å². The third-order valence-corrected chi connectivity index (χ3v) is 3.40. The van der Waals surface area contributed by atoms with Crippen molar-refractivity contribution >= 4 is 21.8 Å². The summed E-state index contributed by atoms with van der Waals surface area (Å²) in [6, 6.07) is 3.85. The van der Waals surface area contributed by atoms with E-state index >= 15 is 0 Å². The molecule has 1 unspecified atom stereocenters. The Hall–Kier alpha value is -1.23. The molecule has 0 aliphatic carbocycles. The average Bonchev–Trinajstić information content (AvgIpc) is 2.28. The van der Waals surface area contributed by atoms with Crippen LogP contribution in [0.15, 0.2) is 18.2 Å². The van der Waals surface area contributed by atoms with Crippen molar-refractivity contribution in [2.24, 2.45) is 0 Å². The standard InChI is InChI=1S/C13H18BrNO3/c1-3-13(2,4-5-14)15-12(18)9-6-10(16)8-11(17)7-9/h6-8,16-17H,3-5H2,1-2H3,(H,15,18). The summed E-state index contributed by atoms with van der Waals surface area (Å²) in [5.41, 5.74) is -0.0523. The molecule has 0 saturated carbocycles. The Morgan fingerprint density at radius 3 is 2.33 bits per heavy atom. The van der Waals surface area contributed by atoms with Gasteiger partial charge < -0.3 is 15.5 Å². The molecule has 18 heavy (non-hydrogen) atoms. The Morgan fingerprint density at radius 1 is 1.33 bits per heavy atom. The molecule has 0 aliphatic rings. The third-order valence-electron chi connectivity index (χ3n) is 3.01. The van der Waals surface area contributed by atoms with E-state index in [9.17, 15) is 15.0 Å². The minimum atomic E-state index is -0.304. The first kappa shape index (κ1) is 14.8. The number of carbonyl (C=O) groups excluding carboxylic acids is 1. The number of phenolic OH excluding ortho intramolecular Hbond substituents is 2. The molecule has 1 atom stereocenters. The van der Waals surface area contributed by atoms with Crippen molar-refractivity contribution in [3.05, 3.63) is 23.8 Å². The number of aromatic hydroxyl groups is 2. The van der Waals surface area contributed by atoms with E-state index in [1.54, 1.807) is 0 Å². The van der Waals surface area contributed by atoms with Gasteiger partial charge in [0.15, 0.2) is 0 Å². The lowest BCUT2D eigenvalue weighted by Crippen LogP contribution is -2.45. The van der Waals surface area contributed by atoms with Gasteiger partial charge in [0.05, 0.1) is 0 Å². The summed E-state index contributed by atoms with van der Waals surface area (Å²) in [4.78, 5) is 12.0. The first-order valence-electron chi connectivity index (χ1n) is 5.81. The Bertz CT molecular complexity index is 416. The summed E-state index contributed by atoms with van der Waals surface area (Å²) >= 11 is 3.36.